The van der Waals surface area contributed by atoms with E-state index >= 15 is 0 Å². The Hall–Kier alpha value is -1.89. The van der Waals surface area contributed by atoms with Gasteiger partial charge in [0.2, 0.25) is 0 Å². The van der Waals surface area contributed by atoms with Crippen LogP contribution in [-0.4, -0.2) is 16.2 Å². The molecule has 94 valence electrons. The van der Waals surface area contributed by atoms with Gasteiger partial charge >= 0.3 is 6.03 Å². The Morgan fingerprint density at radius 2 is 2.33 bits per heavy atom. The molecule has 1 heterocycles. The van der Waals surface area contributed by atoms with Crippen molar-refractivity contribution < 1.29 is 9.18 Å². The summed E-state index contributed by atoms with van der Waals surface area (Å²) in [5.74, 6) is -0.399. The van der Waals surface area contributed by atoms with Crippen molar-refractivity contribution in [2.45, 2.75) is 6.54 Å². The number of rotatable bonds is 3. The number of urea groups is 1. The van der Waals surface area contributed by atoms with Crippen LogP contribution in [0.5, 0.6) is 0 Å². The van der Waals surface area contributed by atoms with Crippen molar-refractivity contribution in [1.29, 1.82) is 0 Å². The van der Waals surface area contributed by atoms with Crippen LogP contribution in [0.25, 0.3) is 0 Å². The standard InChI is InChI=1S/C11H10BrFN4O/c12-9-5-15-17-10(9)6-14-11(18)16-8-3-1-2-7(13)4-8/h1-5H,6H2,(H,15,17)(H2,14,16,18). The number of nitrogens with zero attached hydrogens (tertiary/aromatic N) is 1. The first kappa shape index (κ1) is 12.6. The minimum absolute atomic E-state index is 0.293. The molecule has 7 heteroatoms. The Kier molecular flexibility index (Phi) is 3.93. The maximum Gasteiger partial charge on any atom is 0.319 e. The van der Waals surface area contributed by atoms with Gasteiger partial charge in [0.05, 0.1) is 22.9 Å². The number of halogens is 2. The molecule has 0 atom stereocenters. The molecule has 1 aromatic heterocycles. The number of nitrogens with one attached hydrogen (secondary N) is 3. The number of aromatic nitrogens is 2. The summed E-state index contributed by atoms with van der Waals surface area (Å²) < 4.78 is 13.7. The lowest BCUT2D eigenvalue weighted by Crippen LogP contribution is -2.28. The van der Waals surface area contributed by atoms with Gasteiger partial charge in [-0.1, -0.05) is 6.07 Å². The normalized spacial score (nSPS) is 10.1. The topological polar surface area (TPSA) is 69.8 Å². The van der Waals surface area contributed by atoms with Crippen LogP contribution in [0, 0.1) is 5.82 Å². The predicted octanol–water partition coefficient (Wildman–Crippen LogP) is 2.63. The van der Waals surface area contributed by atoms with Crippen molar-refractivity contribution in [1.82, 2.24) is 15.5 Å². The Morgan fingerprint density at radius 1 is 1.50 bits per heavy atom. The monoisotopic (exact) mass is 312 g/mol. The van der Waals surface area contributed by atoms with Gasteiger partial charge in [0.1, 0.15) is 5.82 Å². The molecule has 1 aromatic carbocycles. The third kappa shape index (κ3) is 3.30. The summed E-state index contributed by atoms with van der Waals surface area (Å²) in [4.78, 5) is 11.5. The summed E-state index contributed by atoms with van der Waals surface area (Å²) in [5, 5.41) is 11.7. The summed E-state index contributed by atoms with van der Waals surface area (Å²) >= 11 is 3.28. The van der Waals surface area contributed by atoms with E-state index in [9.17, 15) is 9.18 Å². The van der Waals surface area contributed by atoms with Crippen molar-refractivity contribution in [2.24, 2.45) is 0 Å². The van der Waals surface area contributed by atoms with Gasteiger partial charge in [-0.15, -0.1) is 0 Å². The maximum atomic E-state index is 12.9. The summed E-state index contributed by atoms with van der Waals surface area (Å²) in [6.45, 7) is 0.293. The summed E-state index contributed by atoms with van der Waals surface area (Å²) in [7, 11) is 0. The Labute approximate surface area is 111 Å². The van der Waals surface area contributed by atoms with Gasteiger partial charge in [-0.3, -0.25) is 5.10 Å². The average Bonchev–Trinajstić information content (AvgIpc) is 2.72. The fraction of sp³-hybridized carbons (Fsp3) is 0.0909. The third-order valence-corrected chi connectivity index (χ3v) is 2.86. The molecule has 2 aromatic rings. The lowest BCUT2D eigenvalue weighted by molar-refractivity contribution is 0.251. The Bertz CT molecular complexity index is 557. The van der Waals surface area contributed by atoms with Gasteiger partial charge in [-0.25, -0.2) is 9.18 Å². The van der Waals surface area contributed by atoms with E-state index in [1.165, 1.54) is 18.2 Å². The summed E-state index contributed by atoms with van der Waals surface area (Å²) in [6.07, 6.45) is 1.60. The molecule has 0 fully saturated rings. The number of carbonyl (C=O) groups is 1. The molecule has 0 saturated heterocycles. The van der Waals surface area contributed by atoms with Gasteiger partial charge in [-0.2, -0.15) is 5.10 Å². The highest BCUT2D eigenvalue weighted by molar-refractivity contribution is 9.10. The number of amides is 2. The van der Waals surface area contributed by atoms with E-state index in [1.54, 1.807) is 12.3 Å². The van der Waals surface area contributed by atoms with Crippen LogP contribution in [0.3, 0.4) is 0 Å². The average molecular weight is 313 g/mol. The summed E-state index contributed by atoms with van der Waals surface area (Å²) in [5.41, 5.74) is 1.15. The maximum absolute atomic E-state index is 12.9. The molecule has 0 saturated carbocycles. The SMILES string of the molecule is O=C(NCc1[nH]ncc1Br)Nc1cccc(F)c1. The number of anilines is 1. The largest absolute Gasteiger partial charge is 0.332 e. The fourth-order valence-electron chi connectivity index (χ4n) is 1.33. The molecule has 0 aliphatic rings. The van der Waals surface area contributed by atoms with Crippen molar-refractivity contribution in [2.75, 3.05) is 5.32 Å². The first-order valence-corrected chi connectivity index (χ1v) is 5.92. The minimum atomic E-state index is -0.415. The number of hydrogen-bond acceptors (Lipinski definition) is 2. The van der Waals surface area contributed by atoms with Crippen LogP contribution in [0.2, 0.25) is 0 Å². The second-order valence-electron chi connectivity index (χ2n) is 3.51. The van der Waals surface area contributed by atoms with Crippen LogP contribution < -0.4 is 10.6 Å². The number of carbonyl (C=O) groups excluding carboxylic acids is 1. The van der Waals surface area contributed by atoms with Crippen LogP contribution in [-0.2, 0) is 6.54 Å². The molecular weight excluding hydrogens is 303 g/mol. The predicted molar refractivity (Wildman–Crippen MR) is 68.5 cm³/mol. The molecule has 3 N–H and O–H groups in total. The summed E-state index contributed by atoms with van der Waals surface area (Å²) in [6, 6.07) is 5.27. The van der Waals surface area contributed by atoms with Crippen LogP contribution >= 0.6 is 15.9 Å². The second-order valence-corrected chi connectivity index (χ2v) is 4.37. The van der Waals surface area contributed by atoms with Gasteiger partial charge in [0.15, 0.2) is 0 Å². The van der Waals surface area contributed by atoms with Crippen molar-refractivity contribution in [3.8, 4) is 0 Å². The molecule has 0 aliphatic heterocycles. The molecule has 2 amide bonds. The first-order chi connectivity index (χ1) is 8.65. The number of aromatic amines is 1. The van der Waals surface area contributed by atoms with E-state index in [0.717, 1.165) is 10.2 Å². The van der Waals surface area contributed by atoms with Crippen molar-refractivity contribution >= 4 is 27.6 Å². The smallest absolute Gasteiger partial charge is 0.319 e. The Morgan fingerprint density at radius 3 is 3.00 bits per heavy atom. The highest BCUT2D eigenvalue weighted by Gasteiger charge is 2.05. The second kappa shape index (κ2) is 5.63. The molecule has 0 bridgehead atoms. The molecular formula is C11H10BrFN4O. The van der Waals surface area contributed by atoms with Crippen molar-refractivity contribution in [3.63, 3.8) is 0 Å². The number of H-pyrrole nitrogens is 1. The van der Waals surface area contributed by atoms with E-state index in [0.29, 0.717) is 12.2 Å². The van der Waals surface area contributed by atoms with E-state index < -0.39 is 11.8 Å². The zero-order valence-electron chi connectivity index (χ0n) is 9.21. The zero-order chi connectivity index (χ0) is 13.0. The van der Waals surface area contributed by atoms with E-state index in [4.69, 9.17) is 0 Å². The molecule has 0 aliphatic carbocycles. The molecule has 5 nitrogen and oxygen atoms in total. The molecule has 2 rings (SSSR count). The quantitative estimate of drug-likeness (QED) is 0.815. The fourth-order valence-corrected chi connectivity index (χ4v) is 1.66. The van der Waals surface area contributed by atoms with E-state index in [-0.39, 0.29) is 0 Å². The highest BCUT2D eigenvalue weighted by Crippen LogP contribution is 2.12. The van der Waals surface area contributed by atoms with Crippen LogP contribution in [0.4, 0.5) is 14.9 Å². The van der Waals surface area contributed by atoms with Gasteiger partial charge in [0, 0.05) is 5.69 Å². The number of benzene rings is 1. The molecule has 18 heavy (non-hydrogen) atoms. The first-order valence-electron chi connectivity index (χ1n) is 5.13. The zero-order valence-corrected chi connectivity index (χ0v) is 10.8. The van der Waals surface area contributed by atoms with Gasteiger partial charge in [-0.05, 0) is 34.1 Å². The molecule has 0 spiro atoms. The highest BCUT2D eigenvalue weighted by atomic mass is 79.9. The third-order valence-electron chi connectivity index (χ3n) is 2.17. The van der Waals surface area contributed by atoms with Crippen LogP contribution in [0.15, 0.2) is 34.9 Å². The van der Waals surface area contributed by atoms with Crippen molar-refractivity contribution in [3.05, 3.63) is 46.4 Å². The number of hydrogen-bond donors (Lipinski definition) is 3. The van der Waals surface area contributed by atoms with E-state index in [2.05, 4.69) is 36.8 Å². The molecule has 0 unspecified atom stereocenters. The van der Waals surface area contributed by atoms with E-state index in [1.807, 2.05) is 0 Å². The minimum Gasteiger partial charge on any atom is -0.332 e. The van der Waals surface area contributed by atoms with Gasteiger partial charge in [0.25, 0.3) is 0 Å². The molecule has 0 radical (unpaired) electrons. The van der Waals surface area contributed by atoms with Gasteiger partial charge < -0.3 is 10.6 Å². The van der Waals surface area contributed by atoms with Crippen LogP contribution in [0.1, 0.15) is 5.69 Å². The lowest BCUT2D eigenvalue weighted by atomic mass is 10.3. The lowest BCUT2D eigenvalue weighted by Gasteiger charge is -2.06. The Balaban J connectivity index is 1.88.